The molecule has 0 atom stereocenters. The Kier molecular flexibility index (Phi) is 2.84. The molecule has 1 N–H and O–H groups in total. The molecule has 4 nitrogen and oxygen atoms in total. The van der Waals surface area contributed by atoms with Crippen LogP contribution >= 0.6 is 0 Å². The number of carboxylic acids is 1. The summed E-state index contributed by atoms with van der Waals surface area (Å²) in [4.78, 5) is 14.4. The van der Waals surface area contributed by atoms with E-state index in [0.717, 1.165) is 5.69 Å². The summed E-state index contributed by atoms with van der Waals surface area (Å²) in [6, 6.07) is 1.69. The van der Waals surface area contributed by atoms with Crippen molar-refractivity contribution < 1.29 is 14.6 Å². The SMILES string of the molecule is COc1cc(CC(=O)O)cnc1C. The van der Waals surface area contributed by atoms with Crippen LogP contribution in [0.5, 0.6) is 5.75 Å². The Morgan fingerprint density at radius 3 is 2.92 bits per heavy atom. The quantitative estimate of drug-likeness (QED) is 0.756. The number of ether oxygens (including phenoxy) is 1. The number of carbonyl (C=O) groups is 1. The first-order chi connectivity index (χ1) is 6.13. The number of pyridine rings is 1. The van der Waals surface area contributed by atoms with Crippen LogP contribution in [0, 0.1) is 6.92 Å². The molecule has 70 valence electrons. The van der Waals surface area contributed by atoms with Gasteiger partial charge in [-0.3, -0.25) is 9.78 Å². The van der Waals surface area contributed by atoms with E-state index >= 15 is 0 Å². The van der Waals surface area contributed by atoms with Crippen molar-refractivity contribution in [1.29, 1.82) is 0 Å². The Morgan fingerprint density at radius 1 is 1.69 bits per heavy atom. The van der Waals surface area contributed by atoms with Gasteiger partial charge in [0.25, 0.3) is 0 Å². The summed E-state index contributed by atoms with van der Waals surface area (Å²) in [5.41, 5.74) is 1.41. The third-order valence-electron chi connectivity index (χ3n) is 1.67. The van der Waals surface area contributed by atoms with E-state index in [0.29, 0.717) is 11.3 Å². The molecule has 0 aliphatic carbocycles. The van der Waals surface area contributed by atoms with Gasteiger partial charge >= 0.3 is 5.97 Å². The lowest BCUT2D eigenvalue weighted by atomic mass is 10.2. The molecule has 1 aromatic heterocycles. The molecule has 0 aromatic carbocycles. The minimum absolute atomic E-state index is 0.0242. The third kappa shape index (κ3) is 2.43. The van der Waals surface area contributed by atoms with E-state index in [4.69, 9.17) is 9.84 Å². The van der Waals surface area contributed by atoms with E-state index in [-0.39, 0.29) is 6.42 Å². The van der Waals surface area contributed by atoms with Gasteiger partial charge < -0.3 is 9.84 Å². The molecule has 0 aliphatic rings. The molecule has 1 rings (SSSR count). The summed E-state index contributed by atoms with van der Waals surface area (Å²) in [5, 5.41) is 8.53. The van der Waals surface area contributed by atoms with Gasteiger partial charge in [-0.25, -0.2) is 0 Å². The molecule has 0 spiro atoms. The molecule has 1 aromatic rings. The van der Waals surface area contributed by atoms with Crippen molar-refractivity contribution in [1.82, 2.24) is 4.98 Å². The maximum atomic E-state index is 10.4. The van der Waals surface area contributed by atoms with E-state index in [1.165, 1.54) is 7.11 Å². The molecule has 1 heterocycles. The number of carboxylic acid groups (broad SMARTS) is 1. The van der Waals surface area contributed by atoms with Crippen molar-refractivity contribution in [2.24, 2.45) is 0 Å². The van der Waals surface area contributed by atoms with Crippen molar-refractivity contribution in [3.05, 3.63) is 23.5 Å². The first-order valence-electron chi connectivity index (χ1n) is 3.85. The summed E-state index contributed by atoms with van der Waals surface area (Å²) in [6.45, 7) is 1.81. The van der Waals surface area contributed by atoms with Gasteiger partial charge in [-0.2, -0.15) is 0 Å². The predicted molar refractivity (Wildman–Crippen MR) is 46.9 cm³/mol. The number of aromatic nitrogens is 1. The first-order valence-corrected chi connectivity index (χ1v) is 3.85. The number of methoxy groups -OCH3 is 1. The number of rotatable bonds is 3. The van der Waals surface area contributed by atoms with Crippen LogP contribution < -0.4 is 4.74 Å². The molecule has 0 amide bonds. The van der Waals surface area contributed by atoms with Crippen LogP contribution in [0.1, 0.15) is 11.3 Å². The summed E-state index contributed by atoms with van der Waals surface area (Å²) in [7, 11) is 1.54. The van der Waals surface area contributed by atoms with Crippen molar-refractivity contribution in [2.45, 2.75) is 13.3 Å². The van der Waals surface area contributed by atoms with Gasteiger partial charge in [0.15, 0.2) is 0 Å². The number of hydrogen-bond donors (Lipinski definition) is 1. The molecule has 0 radical (unpaired) electrons. The maximum absolute atomic E-state index is 10.4. The van der Waals surface area contributed by atoms with Gasteiger partial charge in [-0.05, 0) is 18.6 Å². The lowest BCUT2D eigenvalue weighted by molar-refractivity contribution is -0.136. The lowest BCUT2D eigenvalue weighted by Crippen LogP contribution is -2.01. The van der Waals surface area contributed by atoms with Crippen molar-refractivity contribution in [3.8, 4) is 5.75 Å². The largest absolute Gasteiger partial charge is 0.495 e. The molecule has 0 unspecified atom stereocenters. The monoisotopic (exact) mass is 181 g/mol. The van der Waals surface area contributed by atoms with Crippen molar-refractivity contribution in [2.75, 3.05) is 7.11 Å². The Bertz CT molecular complexity index is 323. The van der Waals surface area contributed by atoms with Gasteiger partial charge in [0.05, 0.1) is 19.2 Å². The van der Waals surface area contributed by atoms with Crippen LogP contribution in [0.2, 0.25) is 0 Å². The van der Waals surface area contributed by atoms with Crippen LogP contribution in [0.25, 0.3) is 0 Å². The van der Waals surface area contributed by atoms with Crippen LogP contribution in [0.3, 0.4) is 0 Å². The second kappa shape index (κ2) is 3.89. The fourth-order valence-corrected chi connectivity index (χ4v) is 1.03. The zero-order valence-corrected chi connectivity index (χ0v) is 7.57. The minimum atomic E-state index is -0.868. The zero-order chi connectivity index (χ0) is 9.84. The minimum Gasteiger partial charge on any atom is -0.495 e. The molecule has 4 heteroatoms. The van der Waals surface area contributed by atoms with Crippen LogP contribution in [-0.2, 0) is 11.2 Å². The summed E-state index contributed by atoms with van der Waals surface area (Å²) >= 11 is 0. The van der Waals surface area contributed by atoms with Crippen LogP contribution in [0.4, 0.5) is 0 Å². The Labute approximate surface area is 76.2 Å². The van der Waals surface area contributed by atoms with E-state index in [1.54, 1.807) is 12.3 Å². The number of hydrogen-bond acceptors (Lipinski definition) is 3. The standard InChI is InChI=1S/C9H11NO3/c1-6-8(13-2)3-7(5-10-6)4-9(11)12/h3,5H,4H2,1-2H3,(H,11,12). The Hall–Kier alpha value is -1.58. The average Bonchev–Trinajstić information content (AvgIpc) is 2.07. The fourth-order valence-electron chi connectivity index (χ4n) is 1.03. The van der Waals surface area contributed by atoms with Gasteiger partial charge in [0.2, 0.25) is 0 Å². The highest BCUT2D eigenvalue weighted by Crippen LogP contribution is 2.16. The fraction of sp³-hybridized carbons (Fsp3) is 0.333. The molecular formula is C9H11NO3. The normalized spacial score (nSPS) is 9.69. The molecular weight excluding hydrogens is 170 g/mol. The molecule has 0 saturated heterocycles. The van der Waals surface area contributed by atoms with E-state index in [1.807, 2.05) is 6.92 Å². The van der Waals surface area contributed by atoms with Gasteiger partial charge in [0, 0.05) is 6.20 Å². The molecule has 0 fully saturated rings. The summed E-state index contributed by atoms with van der Waals surface area (Å²) < 4.78 is 5.01. The molecule has 13 heavy (non-hydrogen) atoms. The van der Waals surface area contributed by atoms with Gasteiger partial charge in [-0.15, -0.1) is 0 Å². The highest BCUT2D eigenvalue weighted by Gasteiger charge is 2.04. The van der Waals surface area contributed by atoms with Crippen LogP contribution in [0.15, 0.2) is 12.3 Å². The second-order valence-electron chi connectivity index (χ2n) is 2.70. The smallest absolute Gasteiger partial charge is 0.307 e. The Morgan fingerprint density at radius 2 is 2.38 bits per heavy atom. The Balaban J connectivity index is 2.92. The van der Waals surface area contributed by atoms with E-state index in [2.05, 4.69) is 4.98 Å². The number of nitrogens with zero attached hydrogens (tertiary/aromatic N) is 1. The lowest BCUT2D eigenvalue weighted by Gasteiger charge is -2.04. The highest BCUT2D eigenvalue weighted by atomic mass is 16.5. The molecule has 0 saturated carbocycles. The summed E-state index contributed by atoms with van der Waals surface area (Å²) in [5.74, 6) is -0.244. The van der Waals surface area contributed by atoms with Gasteiger partial charge in [0.1, 0.15) is 5.75 Å². The second-order valence-corrected chi connectivity index (χ2v) is 2.70. The molecule has 0 bridgehead atoms. The van der Waals surface area contributed by atoms with Gasteiger partial charge in [-0.1, -0.05) is 0 Å². The topological polar surface area (TPSA) is 59.4 Å². The highest BCUT2D eigenvalue weighted by molar-refractivity contribution is 5.70. The van der Waals surface area contributed by atoms with Crippen molar-refractivity contribution in [3.63, 3.8) is 0 Å². The van der Waals surface area contributed by atoms with Crippen molar-refractivity contribution >= 4 is 5.97 Å². The molecule has 0 aliphatic heterocycles. The average molecular weight is 181 g/mol. The van der Waals surface area contributed by atoms with Crippen LogP contribution in [-0.4, -0.2) is 23.2 Å². The predicted octanol–water partition coefficient (Wildman–Crippen LogP) is 1.03. The zero-order valence-electron chi connectivity index (χ0n) is 7.57. The third-order valence-corrected chi connectivity index (χ3v) is 1.67. The number of aliphatic carboxylic acids is 1. The van der Waals surface area contributed by atoms with E-state index < -0.39 is 5.97 Å². The first kappa shape index (κ1) is 9.51. The van der Waals surface area contributed by atoms with E-state index in [9.17, 15) is 4.79 Å². The number of aryl methyl sites for hydroxylation is 1. The summed E-state index contributed by atoms with van der Waals surface area (Å²) in [6.07, 6.45) is 1.52. The maximum Gasteiger partial charge on any atom is 0.307 e.